The van der Waals surface area contributed by atoms with E-state index in [9.17, 15) is 0 Å². The normalized spacial score (nSPS) is 10.2. The molecule has 2 rings (SSSR count). The van der Waals surface area contributed by atoms with E-state index >= 15 is 0 Å². The first-order valence-electron chi connectivity index (χ1n) is 5.26. The first-order valence-corrected chi connectivity index (χ1v) is 6.85. The number of nitrogens with two attached hydrogens (primary N) is 1. The maximum atomic E-state index is 5.97. The van der Waals surface area contributed by atoms with E-state index in [0.29, 0.717) is 5.69 Å². The third kappa shape index (κ3) is 2.79. The summed E-state index contributed by atoms with van der Waals surface area (Å²) in [5.41, 5.74) is 8.38. The number of benzene rings is 2. The molecule has 0 aliphatic rings. The van der Waals surface area contributed by atoms with Crippen molar-refractivity contribution in [3.05, 3.63) is 45.3 Å². The van der Waals surface area contributed by atoms with Crippen molar-refractivity contribution in [2.24, 2.45) is 0 Å². The molecule has 3 N–H and O–H groups in total. The number of halogens is 2. The van der Waals surface area contributed by atoms with Gasteiger partial charge in [0.25, 0.3) is 0 Å². The fourth-order valence-corrected chi connectivity index (χ4v) is 2.73. The molecule has 94 valence electrons. The van der Waals surface area contributed by atoms with Gasteiger partial charge in [0.1, 0.15) is 5.75 Å². The van der Waals surface area contributed by atoms with Gasteiger partial charge in [0, 0.05) is 15.0 Å². The van der Waals surface area contributed by atoms with Crippen molar-refractivity contribution < 1.29 is 4.74 Å². The number of methoxy groups -OCH3 is 1. The fourth-order valence-electron chi connectivity index (χ4n) is 1.53. The van der Waals surface area contributed by atoms with Gasteiger partial charge in [-0.05, 0) is 56.1 Å². The Labute approximate surface area is 123 Å². The van der Waals surface area contributed by atoms with E-state index in [1.165, 1.54) is 0 Å². The van der Waals surface area contributed by atoms with Gasteiger partial charge in [-0.15, -0.1) is 0 Å². The van der Waals surface area contributed by atoms with E-state index in [1.807, 2.05) is 30.3 Å². The highest BCUT2D eigenvalue weighted by Crippen LogP contribution is 2.35. The molecule has 0 saturated carbocycles. The van der Waals surface area contributed by atoms with Gasteiger partial charge < -0.3 is 15.8 Å². The Morgan fingerprint density at radius 1 is 1.11 bits per heavy atom. The van der Waals surface area contributed by atoms with E-state index in [1.54, 1.807) is 13.2 Å². The van der Waals surface area contributed by atoms with Crippen molar-refractivity contribution in [1.29, 1.82) is 0 Å². The van der Waals surface area contributed by atoms with Crippen LogP contribution in [0.2, 0.25) is 0 Å². The highest BCUT2D eigenvalue weighted by molar-refractivity contribution is 9.11. The number of anilines is 3. The smallest absolute Gasteiger partial charge is 0.121 e. The summed E-state index contributed by atoms with van der Waals surface area (Å²) in [4.78, 5) is 0. The molecule has 2 aromatic carbocycles. The Morgan fingerprint density at radius 3 is 2.33 bits per heavy atom. The molecule has 2 aromatic rings. The maximum absolute atomic E-state index is 5.97. The number of para-hydroxylation sites is 1. The zero-order valence-electron chi connectivity index (χ0n) is 9.71. The van der Waals surface area contributed by atoms with E-state index in [-0.39, 0.29) is 0 Å². The number of hydrogen-bond acceptors (Lipinski definition) is 3. The Kier molecular flexibility index (Phi) is 4.14. The Balaban J connectivity index is 2.34. The maximum Gasteiger partial charge on any atom is 0.121 e. The summed E-state index contributed by atoms with van der Waals surface area (Å²) in [7, 11) is 1.62. The van der Waals surface area contributed by atoms with Gasteiger partial charge in [-0.3, -0.25) is 0 Å². The second kappa shape index (κ2) is 5.63. The summed E-state index contributed by atoms with van der Waals surface area (Å²) in [6.07, 6.45) is 0. The van der Waals surface area contributed by atoms with Crippen molar-refractivity contribution in [3.63, 3.8) is 0 Å². The van der Waals surface area contributed by atoms with Gasteiger partial charge in [0.05, 0.1) is 24.2 Å². The van der Waals surface area contributed by atoms with Crippen LogP contribution in [0.5, 0.6) is 5.75 Å². The lowest BCUT2D eigenvalue weighted by atomic mass is 10.2. The Bertz CT molecular complexity index is 553. The Hall–Kier alpha value is -1.20. The van der Waals surface area contributed by atoms with Crippen LogP contribution in [0.1, 0.15) is 0 Å². The average Bonchev–Trinajstić information content (AvgIpc) is 2.35. The minimum absolute atomic E-state index is 0.636. The predicted octanol–water partition coefficient (Wildman–Crippen LogP) is 4.55. The highest BCUT2D eigenvalue weighted by atomic mass is 79.9. The molecular formula is C13H12Br2N2O. The number of nitrogens with one attached hydrogen (secondary N) is 1. The lowest BCUT2D eigenvalue weighted by Gasteiger charge is -2.13. The van der Waals surface area contributed by atoms with Crippen LogP contribution < -0.4 is 15.8 Å². The van der Waals surface area contributed by atoms with Crippen LogP contribution >= 0.6 is 31.9 Å². The zero-order valence-corrected chi connectivity index (χ0v) is 12.9. The van der Waals surface area contributed by atoms with Crippen molar-refractivity contribution in [2.45, 2.75) is 0 Å². The summed E-state index contributed by atoms with van der Waals surface area (Å²) in [5, 5.41) is 3.29. The molecule has 0 saturated heterocycles. The molecule has 0 atom stereocenters. The molecule has 0 bridgehead atoms. The summed E-state index contributed by atoms with van der Waals surface area (Å²) in [5.74, 6) is 0.740. The molecule has 0 radical (unpaired) electrons. The number of ether oxygens (including phenoxy) is 1. The van der Waals surface area contributed by atoms with E-state index < -0.39 is 0 Å². The fraction of sp³-hybridized carbons (Fsp3) is 0.0769. The standard InChI is InChI=1S/C13H12Br2N2O/c1-18-8-5-6-12(11(16)7-8)17-13-9(14)3-2-4-10(13)15/h2-7,17H,16H2,1H3. The third-order valence-corrected chi connectivity index (χ3v) is 3.80. The first kappa shape index (κ1) is 13.2. The van der Waals surface area contributed by atoms with Crippen LogP contribution in [0.25, 0.3) is 0 Å². The molecule has 0 aromatic heterocycles. The lowest BCUT2D eigenvalue weighted by molar-refractivity contribution is 0.415. The van der Waals surface area contributed by atoms with Gasteiger partial charge in [0.2, 0.25) is 0 Å². The van der Waals surface area contributed by atoms with E-state index in [4.69, 9.17) is 10.5 Å². The minimum atomic E-state index is 0.636. The van der Waals surface area contributed by atoms with Gasteiger partial charge in [0.15, 0.2) is 0 Å². The molecule has 0 aliphatic carbocycles. The second-order valence-electron chi connectivity index (χ2n) is 3.67. The summed E-state index contributed by atoms with van der Waals surface area (Å²) < 4.78 is 7.05. The number of hydrogen-bond donors (Lipinski definition) is 2. The summed E-state index contributed by atoms with van der Waals surface area (Å²) >= 11 is 7.00. The van der Waals surface area contributed by atoms with Crippen molar-refractivity contribution in [3.8, 4) is 5.75 Å². The van der Waals surface area contributed by atoms with Crippen molar-refractivity contribution in [1.82, 2.24) is 0 Å². The monoisotopic (exact) mass is 370 g/mol. The van der Waals surface area contributed by atoms with Gasteiger partial charge >= 0.3 is 0 Å². The van der Waals surface area contributed by atoms with Crippen LogP contribution in [0.4, 0.5) is 17.1 Å². The lowest BCUT2D eigenvalue weighted by Crippen LogP contribution is -1.98. The van der Waals surface area contributed by atoms with E-state index in [0.717, 1.165) is 26.1 Å². The van der Waals surface area contributed by atoms with Gasteiger partial charge in [-0.2, -0.15) is 0 Å². The van der Waals surface area contributed by atoms with E-state index in [2.05, 4.69) is 37.2 Å². The molecule has 0 unspecified atom stereocenters. The van der Waals surface area contributed by atoms with Crippen LogP contribution in [-0.4, -0.2) is 7.11 Å². The molecule has 0 amide bonds. The molecule has 0 heterocycles. The van der Waals surface area contributed by atoms with Crippen molar-refractivity contribution >= 4 is 48.9 Å². The second-order valence-corrected chi connectivity index (χ2v) is 5.38. The molecular weight excluding hydrogens is 360 g/mol. The highest BCUT2D eigenvalue weighted by Gasteiger charge is 2.07. The zero-order chi connectivity index (χ0) is 13.1. The topological polar surface area (TPSA) is 47.3 Å². The molecule has 5 heteroatoms. The largest absolute Gasteiger partial charge is 0.497 e. The molecule has 18 heavy (non-hydrogen) atoms. The Morgan fingerprint density at radius 2 is 1.78 bits per heavy atom. The number of nitrogen functional groups attached to an aromatic ring is 1. The third-order valence-electron chi connectivity index (χ3n) is 2.48. The van der Waals surface area contributed by atoms with Crippen LogP contribution in [0.15, 0.2) is 45.3 Å². The quantitative estimate of drug-likeness (QED) is 0.778. The molecule has 0 aliphatic heterocycles. The van der Waals surface area contributed by atoms with Crippen LogP contribution in [-0.2, 0) is 0 Å². The number of rotatable bonds is 3. The van der Waals surface area contributed by atoms with Crippen LogP contribution in [0, 0.1) is 0 Å². The first-order chi connectivity index (χ1) is 8.61. The average molecular weight is 372 g/mol. The van der Waals surface area contributed by atoms with Gasteiger partial charge in [-0.1, -0.05) is 6.07 Å². The molecule has 0 fully saturated rings. The molecule has 3 nitrogen and oxygen atoms in total. The molecule has 0 spiro atoms. The van der Waals surface area contributed by atoms with Gasteiger partial charge in [-0.25, -0.2) is 0 Å². The summed E-state index contributed by atoms with van der Waals surface area (Å²) in [6, 6.07) is 11.4. The minimum Gasteiger partial charge on any atom is -0.497 e. The summed E-state index contributed by atoms with van der Waals surface area (Å²) in [6.45, 7) is 0. The van der Waals surface area contributed by atoms with Crippen LogP contribution in [0.3, 0.4) is 0 Å². The predicted molar refractivity (Wildman–Crippen MR) is 82.5 cm³/mol. The SMILES string of the molecule is COc1ccc(Nc2c(Br)cccc2Br)c(N)c1. The van der Waals surface area contributed by atoms with Crippen molar-refractivity contribution in [2.75, 3.05) is 18.2 Å².